The number of nitrogens with one attached hydrogen (secondary N) is 1. The molecule has 0 aliphatic carbocycles. The van der Waals surface area contributed by atoms with Crippen molar-refractivity contribution >= 4 is 11.8 Å². The molecule has 0 bridgehead atoms. The van der Waals surface area contributed by atoms with Gasteiger partial charge in [-0.1, -0.05) is 20.8 Å². The molecule has 1 aliphatic heterocycles. The number of hydrogen-bond donors (Lipinski definition) is 1. The van der Waals surface area contributed by atoms with E-state index in [0.29, 0.717) is 12.5 Å². The van der Waals surface area contributed by atoms with Gasteiger partial charge in [-0.2, -0.15) is 4.98 Å². The van der Waals surface area contributed by atoms with Crippen molar-refractivity contribution in [2.24, 2.45) is 5.41 Å². The maximum Gasteiger partial charge on any atom is 0.224 e. The third kappa shape index (κ3) is 4.07. The third-order valence-corrected chi connectivity index (χ3v) is 3.45. The highest BCUT2D eigenvalue weighted by Crippen LogP contribution is 2.21. The molecular weight excluding hydrogens is 250 g/mol. The smallest absolute Gasteiger partial charge is 0.224 e. The van der Waals surface area contributed by atoms with Crippen molar-refractivity contribution in [2.45, 2.75) is 33.2 Å². The molecule has 0 spiro atoms. The van der Waals surface area contributed by atoms with Crippen molar-refractivity contribution in [1.82, 2.24) is 14.9 Å². The second-order valence-electron chi connectivity index (χ2n) is 6.65. The van der Waals surface area contributed by atoms with Crippen LogP contribution in [0.25, 0.3) is 0 Å². The predicted octanol–water partition coefficient (Wildman–Crippen LogP) is 2.07. The maximum atomic E-state index is 7.53. The summed E-state index contributed by atoms with van der Waals surface area (Å²) in [5.74, 6) is 1.46. The van der Waals surface area contributed by atoms with E-state index < -0.39 is 6.98 Å². The predicted molar refractivity (Wildman–Crippen MR) is 84.3 cm³/mol. The van der Waals surface area contributed by atoms with Gasteiger partial charge in [-0.15, -0.1) is 0 Å². The molecule has 5 nitrogen and oxygen atoms in total. The quantitative estimate of drug-likeness (QED) is 0.916. The van der Waals surface area contributed by atoms with Gasteiger partial charge in [0.05, 0.1) is 0 Å². The van der Waals surface area contributed by atoms with E-state index in [-0.39, 0.29) is 11.5 Å². The molecule has 112 valence electrons. The van der Waals surface area contributed by atoms with E-state index in [1.54, 1.807) is 13.2 Å². The number of likely N-dealkylation sites (N-methyl/N-ethyl adjacent to an activating group) is 1. The summed E-state index contributed by atoms with van der Waals surface area (Å²) >= 11 is 0. The minimum atomic E-state index is -2.05. The molecule has 1 saturated heterocycles. The summed E-state index contributed by atoms with van der Waals surface area (Å²) in [7, 11) is 1.66. The Morgan fingerprint density at radius 3 is 3.05 bits per heavy atom. The average molecular weight is 283 g/mol. The van der Waals surface area contributed by atoms with Crippen LogP contribution >= 0.6 is 0 Å². The molecule has 0 unspecified atom stereocenters. The van der Waals surface area contributed by atoms with Gasteiger partial charge in [0.15, 0.2) is 0 Å². The van der Waals surface area contributed by atoms with Crippen LogP contribution in [-0.4, -0.2) is 54.6 Å². The molecule has 1 atom stereocenters. The molecule has 5 heteroatoms. The first-order valence-electron chi connectivity index (χ1n) is 8.61. The van der Waals surface area contributed by atoms with E-state index in [2.05, 4.69) is 41.0 Å². The molecule has 0 radical (unpaired) electrons. The Bertz CT molecular complexity index is 527. The van der Waals surface area contributed by atoms with Crippen molar-refractivity contribution in [3.8, 4) is 0 Å². The summed E-state index contributed by atoms with van der Waals surface area (Å²) in [6.07, 6.45) is 2.57. The summed E-state index contributed by atoms with van der Waals surface area (Å²) in [6.45, 7) is 6.68. The Balaban J connectivity index is 2.00. The minimum Gasteiger partial charge on any atom is -0.355 e. The van der Waals surface area contributed by atoms with Crippen LogP contribution < -0.4 is 10.2 Å². The molecule has 0 aromatic carbocycles. The van der Waals surface area contributed by atoms with Gasteiger partial charge in [0.2, 0.25) is 5.95 Å². The first-order chi connectivity index (χ1) is 10.6. The molecule has 2 heterocycles. The fourth-order valence-corrected chi connectivity index (χ4v) is 2.22. The van der Waals surface area contributed by atoms with E-state index in [0.717, 1.165) is 25.3 Å². The Morgan fingerprint density at radius 1 is 1.55 bits per heavy atom. The van der Waals surface area contributed by atoms with Crippen molar-refractivity contribution < 1.29 is 4.11 Å². The molecule has 0 amide bonds. The summed E-state index contributed by atoms with van der Waals surface area (Å²) in [4.78, 5) is 12.4. The number of anilines is 2. The van der Waals surface area contributed by atoms with Gasteiger partial charge < -0.3 is 15.1 Å². The number of rotatable bonds is 4. The highest BCUT2D eigenvalue weighted by Gasteiger charge is 2.25. The molecule has 1 aromatic rings. The monoisotopic (exact) mass is 283 g/mol. The van der Waals surface area contributed by atoms with Gasteiger partial charge in [0.1, 0.15) is 5.82 Å². The first kappa shape index (κ1) is 11.3. The molecule has 1 aliphatic rings. The lowest BCUT2D eigenvalue weighted by atomic mass is 9.97. The van der Waals surface area contributed by atoms with Gasteiger partial charge >= 0.3 is 0 Å². The van der Waals surface area contributed by atoms with E-state index in [1.165, 1.54) is 4.90 Å². The zero-order valence-electron chi connectivity index (χ0n) is 15.8. The summed E-state index contributed by atoms with van der Waals surface area (Å²) in [6, 6.07) is 1.89. The topological polar surface area (TPSA) is 44.3 Å². The minimum absolute atomic E-state index is 0.0171. The SMILES string of the molecule is [3H]C([3H])([3H])N(C)[C@@H]1CCN(c2ccnc(NCC(C)(C)C)n2)C1. The van der Waals surface area contributed by atoms with Crippen molar-refractivity contribution in [1.29, 1.82) is 0 Å². The average Bonchev–Trinajstić information content (AvgIpc) is 2.92. The van der Waals surface area contributed by atoms with Gasteiger partial charge in [-0.25, -0.2) is 4.98 Å². The van der Waals surface area contributed by atoms with Crippen LogP contribution in [0.15, 0.2) is 12.3 Å². The van der Waals surface area contributed by atoms with Crippen LogP contribution in [0.2, 0.25) is 0 Å². The first-order valence-corrected chi connectivity index (χ1v) is 7.11. The van der Waals surface area contributed by atoms with E-state index in [4.69, 9.17) is 4.11 Å². The largest absolute Gasteiger partial charge is 0.355 e. The fraction of sp³-hybridized carbons (Fsp3) is 0.733. The number of nitrogens with zero attached hydrogens (tertiary/aromatic N) is 4. The maximum absolute atomic E-state index is 7.53. The molecule has 0 saturated carbocycles. The Kier molecular flexibility index (Phi) is 3.37. The van der Waals surface area contributed by atoms with Crippen LogP contribution in [0.3, 0.4) is 0 Å². The number of hydrogen-bond acceptors (Lipinski definition) is 5. The zero-order chi connectivity index (χ0) is 17.3. The normalized spacial score (nSPS) is 22.6. The van der Waals surface area contributed by atoms with Gasteiger partial charge in [0, 0.05) is 36.0 Å². The Morgan fingerprint density at radius 2 is 2.35 bits per heavy atom. The summed E-state index contributed by atoms with van der Waals surface area (Å²) in [5.41, 5.74) is 0.153. The van der Waals surface area contributed by atoms with Crippen LogP contribution in [0, 0.1) is 5.41 Å². The second-order valence-corrected chi connectivity index (χ2v) is 6.65. The Hall–Kier alpha value is -1.36. The molecule has 1 aromatic heterocycles. The van der Waals surface area contributed by atoms with Crippen LogP contribution in [0.1, 0.15) is 31.3 Å². The van der Waals surface area contributed by atoms with Crippen molar-refractivity contribution in [2.75, 3.05) is 43.9 Å². The lowest BCUT2D eigenvalue weighted by molar-refractivity contribution is 0.315. The van der Waals surface area contributed by atoms with Gasteiger partial charge in [0.25, 0.3) is 0 Å². The second kappa shape index (κ2) is 5.95. The lowest BCUT2D eigenvalue weighted by Gasteiger charge is -2.22. The number of aromatic nitrogens is 2. The van der Waals surface area contributed by atoms with Crippen LogP contribution in [0.5, 0.6) is 0 Å². The highest BCUT2D eigenvalue weighted by molar-refractivity contribution is 5.43. The Labute approximate surface area is 126 Å². The molecule has 20 heavy (non-hydrogen) atoms. The molecule has 1 N–H and O–H groups in total. The highest BCUT2D eigenvalue weighted by atomic mass is 15.3. The van der Waals surface area contributed by atoms with E-state index in [1.807, 2.05) is 6.07 Å². The van der Waals surface area contributed by atoms with Gasteiger partial charge in [-0.3, -0.25) is 0 Å². The van der Waals surface area contributed by atoms with Crippen LogP contribution in [0.4, 0.5) is 11.8 Å². The molecule has 2 rings (SSSR count). The van der Waals surface area contributed by atoms with Crippen molar-refractivity contribution in [3.63, 3.8) is 0 Å². The van der Waals surface area contributed by atoms with E-state index >= 15 is 0 Å². The summed E-state index contributed by atoms with van der Waals surface area (Å²) in [5, 5.41) is 3.26. The molecular formula is C15H27N5. The molecule has 1 fully saturated rings. The zero-order valence-corrected chi connectivity index (χ0v) is 12.8. The standard InChI is InChI=1S/C15H27N5/c1-15(2,3)11-17-14-16-8-6-13(18-14)20-9-7-12(10-20)19(4)5/h6,8,12H,7,9-11H2,1-5H3,(H,16,17,18)/t12-/m1/s1/i4T3. The fourth-order valence-electron chi connectivity index (χ4n) is 2.22. The lowest BCUT2D eigenvalue weighted by Crippen LogP contribution is -2.31. The van der Waals surface area contributed by atoms with E-state index in [9.17, 15) is 0 Å². The van der Waals surface area contributed by atoms with Crippen molar-refractivity contribution in [3.05, 3.63) is 12.3 Å². The summed E-state index contributed by atoms with van der Waals surface area (Å²) < 4.78 is 22.6. The van der Waals surface area contributed by atoms with Crippen LogP contribution in [-0.2, 0) is 0 Å². The third-order valence-electron chi connectivity index (χ3n) is 3.45. The van der Waals surface area contributed by atoms with Gasteiger partial charge in [-0.05, 0) is 31.9 Å².